The molecule has 0 fully saturated rings. The Morgan fingerprint density at radius 2 is 2.45 bits per heavy atom. The van der Waals surface area contributed by atoms with E-state index in [2.05, 4.69) is 5.32 Å². The van der Waals surface area contributed by atoms with E-state index in [4.69, 9.17) is 6.52 Å². The van der Waals surface area contributed by atoms with Gasteiger partial charge in [-0.05, 0) is 6.42 Å². The molecule has 4 N–H and O–H groups in total. The van der Waals surface area contributed by atoms with Gasteiger partial charge in [-0.25, -0.2) is 9.59 Å². The predicted molar refractivity (Wildman–Crippen MR) is 39.1 cm³/mol. The summed E-state index contributed by atoms with van der Waals surface area (Å²) in [7, 11) is 0. The highest BCUT2D eigenvalue weighted by atomic mass is 16.4. The second-order valence-electron chi connectivity index (χ2n) is 2.15. The summed E-state index contributed by atoms with van der Waals surface area (Å²) in [6.07, 6.45) is 1.03. The molecule has 0 aliphatic carbocycles. The van der Waals surface area contributed by atoms with Gasteiger partial charge in [-0.3, -0.25) is 0 Å². The van der Waals surface area contributed by atoms with Gasteiger partial charge < -0.3 is 16.2 Å². The molecule has 0 heterocycles. The van der Waals surface area contributed by atoms with Crippen LogP contribution in [0.1, 0.15) is 19.8 Å². The van der Waals surface area contributed by atoms with E-state index in [9.17, 15) is 9.59 Å². The summed E-state index contributed by atoms with van der Waals surface area (Å²) >= 11 is 0. The molecule has 0 saturated heterocycles. The Morgan fingerprint density at radius 1 is 1.82 bits per heavy atom. The maximum Gasteiger partial charge on any atom is 0.326 e. The number of aliphatic carboxylic acids is 1. The minimum Gasteiger partial charge on any atom is -0.480 e. The second-order valence-corrected chi connectivity index (χ2v) is 2.15. The van der Waals surface area contributed by atoms with Gasteiger partial charge in [0, 0.05) is 0 Å². The molecule has 64 valence electrons. The number of rotatable bonds is 4. The van der Waals surface area contributed by atoms with E-state index in [0.717, 1.165) is 0 Å². The van der Waals surface area contributed by atoms with E-state index in [1.54, 1.807) is 5.73 Å². The summed E-state index contributed by atoms with van der Waals surface area (Å²) in [6.45, 7) is 1.82. The molecule has 0 aromatic carbocycles. The molecule has 0 unspecified atom stereocenters. The van der Waals surface area contributed by atoms with Gasteiger partial charge in [0.05, 0.1) is 0 Å². The first kappa shape index (κ1) is 7.84. The fraction of sp³-hybridized carbons (Fsp3) is 0.667. The summed E-state index contributed by atoms with van der Waals surface area (Å²) in [6, 6.07) is -1.70. The van der Waals surface area contributed by atoms with Gasteiger partial charge in [-0.2, -0.15) is 0 Å². The molecule has 5 heteroatoms. The minimum absolute atomic E-state index is 0.364. The van der Waals surface area contributed by atoms with Crippen LogP contribution in [0.2, 0.25) is 1.41 Å². The van der Waals surface area contributed by atoms with E-state index < -0.39 is 18.0 Å². The maximum absolute atomic E-state index is 10.5. The van der Waals surface area contributed by atoms with Gasteiger partial charge in [0.25, 0.3) is 0 Å². The maximum atomic E-state index is 10.5. The zero-order valence-corrected chi connectivity index (χ0v) is 6.26. The van der Waals surface area contributed by atoms with Crippen LogP contribution in [-0.2, 0) is 4.79 Å². The fourth-order valence-corrected chi connectivity index (χ4v) is 0.704. The average molecular weight is 161 g/mol. The van der Waals surface area contributed by atoms with Crippen LogP contribution in [0.3, 0.4) is 0 Å². The number of carbonyl (C=O) groups excluding carboxylic acids is 1. The van der Waals surface area contributed by atoms with Crippen molar-refractivity contribution < 1.29 is 16.1 Å². The Kier molecular flexibility index (Phi) is 3.24. The number of nitrogens with two attached hydrogens (primary N) is 1. The van der Waals surface area contributed by atoms with Crippen LogP contribution in [0, 0.1) is 0 Å². The summed E-state index contributed by atoms with van der Waals surface area (Å²) < 4.78 is 6.42. The second kappa shape index (κ2) is 4.54. The number of nitrogens with one attached hydrogen (secondary N) is 1. The lowest BCUT2D eigenvalue weighted by atomic mass is 10.2. The molecule has 11 heavy (non-hydrogen) atoms. The van der Waals surface area contributed by atoms with Crippen molar-refractivity contribution in [2.75, 3.05) is 0 Å². The van der Waals surface area contributed by atoms with Gasteiger partial charge in [0.1, 0.15) is 6.04 Å². The van der Waals surface area contributed by atoms with Crippen molar-refractivity contribution in [3.8, 4) is 0 Å². The smallest absolute Gasteiger partial charge is 0.326 e. The van der Waals surface area contributed by atoms with Crippen LogP contribution in [0.15, 0.2) is 0 Å². The third-order valence-electron chi connectivity index (χ3n) is 1.18. The molecule has 5 nitrogen and oxygen atoms in total. The van der Waals surface area contributed by atoms with Gasteiger partial charge in [0.15, 0.2) is 1.41 Å². The van der Waals surface area contributed by atoms with Crippen LogP contribution < -0.4 is 11.0 Å². The number of carboxylic acids is 1. The van der Waals surface area contributed by atoms with E-state index in [1.165, 1.54) is 0 Å². The Morgan fingerprint density at radius 3 is 2.82 bits per heavy atom. The summed E-state index contributed by atoms with van der Waals surface area (Å²) in [5.74, 6) is -1.08. The van der Waals surface area contributed by atoms with Gasteiger partial charge in [0.2, 0.25) is 0 Å². The molecule has 0 aromatic heterocycles. The molecular formula is C6H12N2O3. The van der Waals surface area contributed by atoms with Crippen molar-refractivity contribution in [2.45, 2.75) is 25.8 Å². The Bertz CT molecular complexity index is 172. The van der Waals surface area contributed by atoms with Gasteiger partial charge in [-0.15, -0.1) is 0 Å². The molecule has 0 rings (SSSR count). The minimum atomic E-state index is -1.08. The van der Waals surface area contributed by atoms with Crippen molar-refractivity contribution >= 4 is 12.0 Å². The lowest BCUT2D eigenvalue weighted by Crippen LogP contribution is -2.43. The van der Waals surface area contributed by atoms with Crippen LogP contribution in [0.25, 0.3) is 0 Å². The average Bonchev–Trinajstić information content (AvgIpc) is 2.03. The molecule has 0 saturated carbocycles. The lowest BCUT2D eigenvalue weighted by Gasteiger charge is -2.10. The molecule has 0 aliphatic heterocycles. The molecule has 0 aliphatic rings. The number of hydrogen-bond donors (Lipinski definition) is 3. The third kappa shape index (κ3) is 4.19. The largest absolute Gasteiger partial charge is 0.480 e. The number of carboxylic acid groups (broad SMARTS) is 1. The highest BCUT2D eigenvalue weighted by Gasteiger charge is 2.16. The number of urea groups is 1. The Labute approximate surface area is 66.0 Å². The number of amides is 2. The molecular weight excluding hydrogens is 148 g/mol. The molecule has 0 aromatic rings. The number of hydrogen-bond acceptors (Lipinski definition) is 2. The van der Waals surface area contributed by atoms with Crippen molar-refractivity contribution in [3.05, 3.63) is 0 Å². The standard InChI is InChI=1S/C6H12N2O3/c1-2-3-4(5(9)10)8-6(7)11/h4H,2-3H2,1H3,(H,9,10)(H3,7,8,11)/t4-/m0/s1/i/hD. The van der Waals surface area contributed by atoms with E-state index >= 15 is 0 Å². The topological polar surface area (TPSA) is 92.4 Å². The van der Waals surface area contributed by atoms with Gasteiger partial charge >= 0.3 is 12.0 Å². The Balaban J connectivity index is 3.95. The quantitative estimate of drug-likeness (QED) is 0.537. The van der Waals surface area contributed by atoms with Crippen molar-refractivity contribution in [3.63, 3.8) is 0 Å². The monoisotopic (exact) mass is 161 g/mol. The molecule has 2 amide bonds. The van der Waals surface area contributed by atoms with E-state index in [0.29, 0.717) is 12.8 Å². The van der Waals surface area contributed by atoms with E-state index in [1.807, 2.05) is 6.92 Å². The molecule has 0 radical (unpaired) electrons. The SMILES string of the molecule is [2H]NC(=O)N[C@@H](CCC)C(=O)O. The number of carbonyl (C=O) groups is 2. The highest BCUT2D eigenvalue weighted by Crippen LogP contribution is 1.95. The van der Waals surface area contributed by atoms with E-state index in [-0.39, 0.29) is 0 Å². The predicted octanol–water partition coefficient (Wildman–Crippen LogP) is -0.0920. The first-order chi connectivity index (χ1) is 5.61. The van der Waals surface area contributed by atoms with Crippen LogP contribution >= 0.6 is 0 Å². The first-order valence-electron chi connectivity index (χ1n) is 3.82. The first-order valence-corrected chi connectivity index (χ1v) is 3.32. The molecule has 0 bridgehead atoms. The fourth-order valence-electron chi connectivity index (χ4n) is 0.704. The zero-order chi connectivity index (χ0) is 9.56. The molecule has 0 spiro atoms. The summed E-state index contributed by atoms with van der Waals surface area (Å²) in [5, 5.41) is 10.7. The summed E-state index contributed by atoms with van der Waals surface area (Å²) in [4.78, 5) is 21.0. The van der Waals surface area contributed by atoms with Crippen molar-refractivity contribution in [2.24, 2.45) is 5.73 Å². The van der Waals surface area contributed by atoms with Crippen LogP contribution in [-0.4, -0.2) is 23.1 Å². The van der Waals surface area contributed by atoms with Crippen LogP contribution in [0.4, 0.5) is 4.79 Å². The van der Waals surface area contributed by atoms with Crippen molar-refractivity contribution in [1.29, 1.82) is 0 Å². The van der Waals surface area contributed by atoms with Crippen LogP contribution in [0.5, 0.6) is 0 Å². The highest BCUT2D eigenvalue weighted by molar-refractivity contribution is 5.81. The lowest BCUT2D eigenvalue weighted by molar-refractivity contribution is -0.139. The molecule has 1 atom stereocenters. The van der Waals surface area contributed by atoms with Crippen molar-refractivity contribution in [1.82, 2.24) is 5.32 Å². The third-order valence-corrected chi connectivity index (χ3v) is 1.18. The Hall–Kier alpha value is -1.26. The zero-order valence-electron chi connectivity index (χ0n) is 7.26. The normalized spacial score (nSPS) is 13.0. The van der Waals surface area contributed by atoms with Gasteiger partial charge in [-0.1, -0.05) is 13.3 Å². The number of primary amides is 1. The summed E-state index contributed by atoms with van der Waals surface area (Å²) in [5.41, 5.74) is 1.55.